The Morgan fingerprint density at radius 3 is 2.32 bits per heavy atom. The zero-order chi connectivity index (χ0) is 17.9. The monoisotopic (exact) mass is 347 g/mol. The van der Waals surface area contributed by atoms with E-state index in [0.29, 0.717) is 13.1 Å². The Labute approximate surface area is 145 Å². The maximum atomic E-state index is 13.1. The number of alkyl halides is 3. The lowest BCUT2D eigenvalue weighted by Crippen LogP contribution is -2.33. The molecule has 1 unspecified atom stereocenters. The molecule has 1 aliphatic rings. The zero-order valence-electron chi connectivity index (χ0n) is 13.7. The van der Waals surface area contributed by atoms with Gasteiger partial charge in [-0.3, -0.25) is 4.90 Å². The smallest absolute Gasteiger partial charge is 0.387 e. The minimum Gasteiger partial charge on any atom is -0.387 e. The molecular weight excluding hydrogens is 327 g/mol. The molecule has 2 aromatic rings. The predicted octanol–water partition coefficient (Wildman–Crippen LogP) is 4.53. The first kappa shape index (κ1) is 17.7. The minimum atomic E-state index is -4.46. The van der Waals surface area contributed by atoms with Crippen LogP contribution in [0.3, 0.4) is 0 Å². The molecule has 0 spiro atoms. The number of halogens is 3. The number of benzene rings is 2. The molecule has 0 radical (unpaired) electrons. The molecule has 5 heteroatoms. The first-order valence-electron chi connectivity index (χ1n) is 8.26. The fourth-order valence-corrected chi connectivity index (χ4v) is 3.18. The van der Waals surface area contributed by atoms with Gasteiger partial charge in [-0.2, -0.15) is 13.2 Å². The molecule has 1 heterocycles. The van der Waals surface area contributed by atoms with Crippen molar-refractivity contribution in [1.82, 2.24) is 4.90 Å². The Bertz CT molecular complexity index is 740. The van der Waals surface area contributed by atoms with E-state index in [4.69, 9.17) is 0 Å². The SMILES string of the molecule is OC(CN1CC=C(c2ccccc2)CC1)c1ccccc1C(F)(F)F. The largest absolute Gasteiger partial charge is 0.416 e. The van der Waals surface area contributed by atoms with Crippen molar-refractivity contribution in [1.29, 1.82) is 0 Å². The molecule has 0 saturated carbocycles. The highest BCUT2D eigenvalue weighted by molar-refractivity contribution is 5.66. The number of aliphatic hydroxyl groups is 1. The third-order valence-corrected chi connectivity index (χ3v) is 4.49. The quantitative estimate of drug-likeness (QED) is 0.878. The van der Waals surface area contributed by atoms with E-state index < -0.39 is 17.8 Å². The van der Waals surface area contributed by atoms with Crippen LogP contribution < -0.4 is 0 Å². The number of rotatable bonds is 4. The van der Waals surface area contributed by atoms with Crippen molar-refractivity contribution in [3.63, 3.8) is 0 Å². The lowest BCUT2D eigenvalue weighted by Gasteiger charge is -2.29. The van der Waals surface area contributed by atoms with Gasteiger partial charge in [0.25, 0.3) is 0 Å². The number of aliphatic hydroxyl groups excluding tert-OH is 1. The van der Waals surface area contributed by atoms with E-state index in [1.54, 1.807) is 0 Å². The predicted molar refractivity (Wildman–Crippen MR) is 91.9 cm³/mol. The van der Waals surface area contributed by atoms with E-state index in [1.165, 1.54) is 29.3 Å². The molecule has 0 bridgehead atoms. The lowest BCUT2D eigenvalue weighted by atomic mass is 9.98. The second-order valence-electron chi connectivity index (χ2n) is 6.21. The number of β-amino-alcohol motifs (C(OH)–C–C–N with tert-alkyl or cyclic N) is 1. The van der Waals surface area contributed by atoms with Crippen LogP contribution in [0.25, 0.3) is 5.57 Å². The molecule has 0 aliphatic carbocycles. The molecule has 1 atom stereocenters. The van der Waals surface area contributed by atoms with Gasteiger partial charge in [-0.05, 0) is 29.2 Å². The molecule has 0 fully saturated rings. The molecular formula is C20H20F3NO. The molecule has 2 aromatic carbocycles. The van der Waals surface area contributed by atoms with Crippen molar-refractivity contribution in [2.45, 2.75) is 18.7 Å². The summed E-state index contributed by atoms with van der Waals surface area (Å²) in [4.78, 5) is 1.98. The fourth-order valence-electron chi connectivity index (χ4n) is 3.18. The highest BCUT2D eigenvalue weighted by Gasteiger charge is 2.35. The molecule has 2 nitrogen and oxygen atoms in total. The molecule has 132 valence electrons. The zero-order valence-corrected chi connectivity index (χ0v) is 13.7. The molecule has 25 heavy (non-hydrogen) atoms. The number of hydrogen-bond donors (Lipinski definition) is 1. The van der Waals surface area contributed by atoms with Gasteiger partial charge in [0.05, 0.1) is 11.7 Å². The van der Waals surface area contributed by atoms with Crippen LogP contribution >= 0.6 is 0 Å². The molecule has 1 aliphatic heterocycles. The average Bonchev–Trinajstić information content (AvgIpc) is 2.62. The van der Waals surface area contributed by atoms with Crippen molar-refractivity contribution in [3.8, 4) is 0 Å². The summed E-state index contributed by atoms with van der Waals surface area (Å²) >= 11 is 0. The van der Waals surface area contributed by atoms with Crippen molar-refractivity contribution in [2.24, 2.45) is 0 Å². The summed E-state index contributed by atoms with van der Waals surface area (Å²) in [5.74, 6) is 0. The first-order valence-corrected chi connectivity index (χ1v) is 8.26. The van der Waals surface area contributed by atoms with Gasteiger partial charge in [-0.15, -0.1) is 0 Å². The summed E-state index contributed by atoms with van der Waals surface area (Å²) in [5.41, 5.74) is 1.58. The standard InChI is InChI=1S/C20H20F3NO/c21-20(22,23)18-9-5-4-8-17(18)19(25)14-24-12-10-16(11-13-24)15-6-2-1-3-7-15/h1-10,19,25H,11-14H2. The Morgan fingerprint density at radius 1 is 1.00 bits per heavy atom. The average molecular weight is 347 g/mol. The van der Waals surface area contributed by atoms with Crippen LogP contribution in [0.4, 0.5) is 13.2 Å². The van der Waals surface area contributed by atoms with Gasteiger partial charge in [0.2, 0.25) is 0 Å². The summed E-state index contributed by atoms with van der Waals surface area (Å²) in [5, 5.41) is 10.3. The summed E-state index contributed by atoms with van der Waals surface area (Å²) in [6.45, 7) is 1.52. The molecule has 1 N–H and O–H groups in total. The molecule has 0 amide bonds. The van der Waals surface area contributed by atoms with Gasteiger partial charge in [-0.25, -0.2) is 0 Å². The third-order valence-electron chi connectivity index (χ3n) is 4.49. The topological polar surface area (TPSA) is 23.5 Å². The van der Waals surface area contributed by atoms with Crippen LogP contribution in [0.2, 0.25) is 0 Å². The van der Waals surface area contributed by atoms with E-state index in [2.05, 4.69) is 18.2 Å². The van der Waals surface area contributed by atoms with Crippen LogP contribution in [-0.2, 0) is 6.18 Å². The summed E-state index contributed by atoms with van der Waals surface area (Å²) in [6, 6.07) is 15.3. The van der Waals surface area contributed by atoms with E-state index in [-0.39, 0.29) is 12.1 Å². The molecule has 0 saturated heterocycles. The van der Waals surface area contributed by atoms with Gasteiger partial charge < -0.3 is 5.11 Å². The van der Waals surface area contributed by atoms with E-state index in [9.17, 15) is 18.3 Å². The third kappa shape index (κ3) is 4.30. The molecule has 3 rings (SSSR count). The number of hydrogen-bond acceptors (Lipinski definition) is 2. The molecule has 0 aromatic heterocycles. The Morgan fingerprint density at radius 2 is 1.68 bits per heavy atom. The van der Waals surface area contributed by atoms with E-state index in [1.807, 2.05) is 23.1 Å². The van der Waals surface area contributed by atoms with Crippen LogP contribution in [0.5, 0.6) is 0 Å². The van der Waals surface area contributed by atoms with Crippen LogP contribution in [0.1, 0.15) is 29.2 Å². The van der Waals surface area contributed by atoms with Crippen molar-refractivity contribution >= 4 is 5.57 Å². The second-order valence-corrected chi connectivity index (χ2v) is 6.21. The Kier molecular flexibility index (Phi) is 5.25. The fraction of sp³-hybridized carbons (Fsp3) is 0.300. The van der Waals surface area contributed by atoms with Gasteiger partial charge in [0, 0.05) is 19.6 Å². The van der Waals surface area contributed by atoms with Gasteiger partial charge >= 0.3 is 6.18 Å². The highest BCUT2D eigenvalue weighted by atomic mass is 19.4. The van der Waals surface area contributed by atoms with Crippen LogP contribution in [0.15, 0.2) is 60.7 Å². The minimum absolute atomic E-state index is 0.0622. The van der Waals surface area contributed by atoms with Gasteiger partial charge in [-0.1, -0.05) is 54.6 Å². The maximum absolute atomic E-state index is 13.1. The first-order chi connectivity index (χ1) is 11.9. The highest BCUT2D eigenvalue weighted by Crippen LogP contribution is 2.35. The lowest BCUT2D eigenvalue weighted by molar-refractivity contribution is -0.139. The van der Waals surface area contributed by atoms with Crippen molar-refractivity contribution in [2.75, 3.05) is 19.6 Å². The summed E-state index contributed by atoms with van der Waals surface area (Å²) < 4.78 is 39.3. The van der Waals surface area contributed by atoms with E-state index in [0.717, 1.165) is 12.5 Å². The van der Waals surface area contributed by atoms with Gasteiger partial charge in [0.15, 0.2) is 0 Å². The van der Waals surface area contributed by atoms with Crippen molar-refractivity contribution < 1.29 is 18.3 Å². The normalized spacial score (nSPS) is 17.2. The van der Waals surface area contributed by atoms with Crippen LogP contribution in [-0.4, -0.2) is 29.6 Å². The Hall–Kier alpha value is -2.11. The summed E-state index contributed by atoms with van der Waals surface area (Å²) in [7, 11) is 0. The van der Waals surface area contributed by atoms with Crippen molar-refractivity contribution in [3.05, 3.63) is 77.4 Å². The van der Waals surface area contributed by atoms with E-state index >= 15 is 0 Å². The second kappa shape index (κ2) is 7.42. The maximum Gasteiger partial charge on any atom is 0.416 e. The van der Waals surface area contributed by atoms with Gasteiger partial charge in [0.1, 0.15) is 0 Å². The Balaban J connectivity index is 1.68. The number of nitrogens with zero attached hydrogens (tertiary/aromatic N) is 1. The summed E-state index contributed by atoms with van der Waals surface area (Å²) in [6.07, 6.45) is -2.72. The van der Waals surface area contributed by atoms with Crippen LogP contribution in [0, 0.1) is 0 Å².